The summed E-state index contributed by atoms with van der Waals surface area (Å²) in [4.78, 5) is 25.6. The fourth-order valence-electron chi connectivity index (χ4n) is 3.51. The van der Waals surface area contributed by atoms with E-state index in [1.54, 1.807) is 26.0 Å². The lowest BCUT2D eigenvalue weighted by atomic mass is 9.88. The second kappa shape index (κ2) is 8.25. The Bertz CT molecular complexity index is 1070. The number of nitrogens with one attached hydrogen (secondary N) is 2. The highest BCUT2D eigenvalue weighted by Gasteiger charge is 2.27. The summed E-state index contributed by atoms with van der Waals surface area (Å²) in [6.45, 7) is 5.21. The van der Waals surface area contributed by atoms with Gasteiger partial charge in [0.1, 0.15) is 5.00 Å². The largest absolute Gasteiger partial charge is 0.365 e. The first-order valence-corrected chi connectivity index (χ1v) is 11.7. The molecule has 0 aliphatic heterocycles. The molecular formula is C20H25N3O4S2. The maximum absolute atomic E-state index is 12.6. The van der Waals surface area contributed by atoms with E-state index in [4.69, 9.17) is 5.73 Å². The van der Waals surface area contributed by atoms with Crippen molar-refractivity contribution >= 4 is 38.2 Å². The number of anilines is 1. The number of benzene rings is 1. The molecule has 3 rings (SSSR count). The van der Waals surface area contributed by atoms with Gasteiger partial charge in [-0.05, 0) is 61.8 Å². The summed E-state index contributed by atoms with van der Waals surface area (Å²) in [6, 6.07) is 5.11. The van der Waals surface area contributed by atoms with Crippen LogP contribution in [-0.2, 0) is 27.7 Å². The average Bonchev–Trinajstić information content (AvgIpc) is 2.99. The van der Waals surface area contributed by atoms with Gasteiger partial charge in [0.05, 0.1) is 17.0 Å². The number of primary amides is 1. The molecule has 2 amide bonds. The van der Waals surface area contributed by atoms with Crippen molar-refractivity contribution in [2.45, 2.75) is 44.9 Å². The molecule has 1 aliphatic carbocycles. The number of hydrogen-bond donors (Lipinski definition) is 3. The molecule has 29 heavy (non-hydrogen) atoms. The van der Waals surface area contributed by atoms with Crippen molar-refractivity contribution < 1.29 is 18.0 Å². The van der Waals surface area contributed by atoms with Gasteiger partial charge in [-0.15, -0.1) is 11.3 Å². The molecule has 0 saturated heterocycles. The summed E-state index contributed by atoms with van der Waals surface area (Å²) in [7, 11) is -3.84. The zero-order chi connectivity index (χ0) is 21.3. The van der Waals surface area contributed by atoms with E-state index in [0.717, 1.165) is 35.3 Å². The van der Waals surface area contributed by atoms with E-state index in [0.29, 0.717) is 22.0 Å². The molecule has 0 unspecified atom stereocenters. The third-order valence-electron chi connectivity index (χ3n) is 5.07. The number of carbonyl (C=O) groups is 2. The highest BCUT2D eigenvalue weighted by atomic mass is 32.2. The molecule has 1 atom stereocenters. The van der Waals surface area contributed by atoms with Crippen LogP contribution in [0.2, 0.25) is 0 Å². The van der Waals surface area contributed by atoms with Crippen LogP contribution in [0.25, 0.3) is 0 Å². The van der Waals surface area contributed by atoms with Gasteiger partial charge < -0.3 is 11.1 Å². The van der Waals surface area contributed by atoms with Gasteiger partial charge in [0.25, 0.3) is 5.91 Å². The Morgan fingerprint density at radius 1 is 1.28 bits per heavy atom. The van der Waals surface area contributed by atoms with Crippen LogP contribution in [0, 0.1) is 19.8 Å². The molecule has 4 N–H and O–H groups in total. The molecule has 1 aromatic heterocycles. The summed E-state index contributed by atoms with van der Waals surface area (Å²) in [5, 5.41) is 3.06. The molecule has 1 aromatic carbocycles. The number of rotatable bonds is 6. The van der Waals surface area contributed by atoms with Gasteiger partial charge in [0, 0.05) is 4.88 Å². The number of aryl methyl sites for hydroxylation is 2. The SMILES string of the molecule is Cc1ccc(C)c(S(=O)(=O)NCC(=O)Nc2sc3c(c2C(N)=O)CC[C@@H](C)C3)c1. The molecule has 2 aromatic rings. The van der Waals surface area contributed by atoms with Crippen LogP contribution < -0.4 is 15.8 Å². The number of fused-ring (bicyclic) bond motifs is 1. The molecule has 0 bridgehead atoms. The first-order valence-electron chi connectivity index (χ1n) is 9.39. The van der Waals surface area contributed by atoms with Gasteiger partial charge >= 0.3 is 0 Å². The second-order valence-corrected chi connectivity index (χ2v) is 10.4. The van der Waals surface area contributed by atoms with Crippen LogP contribution in [0.15, 0.2) is 23.1 Å². The van der Waals surface area contributed by atoms with E-state index >= 15 is 0 Å². The number of amides is 2. The number of nitrogens with two attached hydrogens (primary N) is 1. The van der Waals surface area contributed by atoms with Gasteiger partial charge in [-0.2, -0.15) is 0 Å². The minimum absolute atomic E-state index is 0.142. The van der Waals surface area contributed by atoms with Crippen molar-refractivity contribution in [1.82, 2.24) is 4.72 Å². The minimum Gasteiger partial charge on any atom is -0.365 e. The van der Waals surface area contributed by atoms with E-state index in [1.807, 2.05) is 6.07 Å². The fourth-order valence-corrected chi connectivity index (χ4v) is 6.25. The van der Waals surface area contributed by atoms with Crippen LogP contribution in [0.3, 0.4) is 0 Å². The van der Waals surface area contributed by atoms with Crippen LogP contribution in [0.5, 0.6) is 0 Å². The Hall–Kier alpha value is -2.23. The minimum atomic E-state index is -3.84. The summed E-state index contributed by atoms with van der Waals surface area (Å²) in [5.41, 5.74) is 8.21. The van der Waals surface area contributed by atoms with E-state index in [9.17, 15) is 18.0 Å². The molecule has 0 spiro atoms. The summed E-state index contributed by atoms with van der Waals surface area (Å²) in [5.74, 6) is -0.619. The third-order valence-corrected chi connectivity index (χ3v) is 7.78. The lowest BCUT2D eigenvalue weighted by molar-refractivity contribution is -0.115. The van der Waals surface area contributed by atoms with Crippen molar-refractivity contribution in [2.24, 2.45) is 11.7 Å². The molecule has 1 aliphatic rings. The van der Waals surface area contributed by atoms with Crippen molar-refractivity contribution in [3.63, 3.8) is 0 Å². The van der Waals surface area contributed by atoms with Gasteiger partial charge in [-0.1, -0.05) is 19.1 Å². The maximum atomic E-state index is 12.6. The highest BCUT2D eigenvalue weighted by Crippen LogP contribution is 2.39. The number of thiophene rings is 1. The Balaban J connectivity index is 1.75. The first-order chi connectivity index (χ1) is 13.6. The molecule has 0 radical (unpaired) electrons. The van der Waals surface area contributed by atoms with Crippen LogP contribution in [0.1, 0.15) is 45.3 Å². The monoisotopic (exact) mass is 435 g/mol. The zero-order valence-corrected chi connectivity index (χ0v) is 18.3. The Morgan fingerprint density at radius 3 is 2.69 bits per heavy atom. The molecular weight excluding hydrogens is 410 g/mol. The Kier molecular flexibility index (Phi) is 6.11. The lowest BCUT2D eigenvalue weighted by Gasteiger charge is -2.18. The van der Waals surface area contributed by atoms with E-state index in [-0.39, 0.29) is 4.90 Å². The summed E-state index contributed by atoms with van der Waals surface area (Å²) >= 11 is 1.35. The summed E-state index contributed by atoms with van der Waals surface area (Å²) in [6.07, 6.45) is 2.56. The Morgan fingerprint density at radius 2 is 2.00 bits per heavy atom. The topological polar surface area (TPSA) is 118 Å². The van der Waals surface area contributed by atoms with Gasteiger partial charge in [-0.3, -0.25) is 9.59 Å². The standard InChI is InChI=1S/C20H25N3O4S2/c1-11-5-7-14-15(8-11)28-20(18(14)19(21)25)23-17(24)10-22-29(26,27)16-9-12(2)4-6-13(16)3/h4,6,9,11,22H,5,7-8,10H2,1-3H3,(H2,21,25)(H,23,24)/t11-/m1/s1. The average molecular weight is 436 g/mol. The number of carbonyl (C=O) groups excluding carboxylic acids is 2. The lowest BCUT2D eigenvalue weighted by Crippen LogP contribution is -2.33. The molecule has 9 heteroatoms. The predicted molar refractivity (Wildman–Crippen MR) is 114 cm³/mol. The van der Waals surface area contributed by atoms with Crippen molar-refractivity contribution in [2.75, 3.05) is 11.9 Å². The first kappa shape index (κ1) is 21.5. The smallest absolute Gasteiger partial charge is 0.251 e. The van der Waals surface area contributed by atoms with Crippen molar-refractivity contribution in [3.8, 4) is 0 Å². The van der Waals surface area contributed by atoms with Gasteiger partial charge in [0.2, 0.25) is 15.9 Å². The number of hydrogen-bond acceptors (Lipinski definition) is 5. The number of sulfonamides is 1. The van der Waals surface area contributed by atoms with Gasteiger partial charge in [0.15, 0.2) is 0 Å². The fraction of sp³-hybridized carbons (Fsp3) is 0.400. The molecule has 156 valence electrons. The highest BCUT2D eigenvalue weighted by molar-refractivity contribution is 7.89. The zero-order valence-electron chi connectivity index (χ0n) is 16.7. The van der Waals surface area contributed by atoms with E-state index in [2.05, 4.69) is 17.0 Å². The normalized spacial score (nSPS) is 16.3. The van der Waals surface area contributed by atoms with Crippen LogP contribution in [0.4, 0.5) is 5.00 Å². The van der Waals surface area contributed by atoms with Gasteiger partial charge in [-0.25, -0.2) is 13.1 Å². The van der Waals surface area contributed by atoms with Crippen molar-refractivity contribution in [1.29, 1.82) is 0 Å². The van der Waals surface area contributed by atoms with Crippen LogP contribution >= 0.6 is 11.3 Å². The molecule has 0 fully saturated rings. The van der Waals surface area contributed by atoms with E-state index in [1.165, 1.54) is 11.3 Å². The van der Waals surface area contributed by atoms with Crippen LogP contribution in [-0.4, -0.2) is 26.8 Å². The Labute approximate surface area is 174 Å². The van der Waals surface area contributed by atoms with E-state index < -0.39 is 28.4 Å². The maximum Gasteiger partial charge on any atom is 0.251 e. The van der Waals surface area contributed by atoms with Crippen molar-refractivity contribution in [3.05, 3.63) is 45.3 Å². The molecule has 7 nitrogen and oxygen atoms in total. The quantitative estimate of drug-likeness (QED) is 0.646. The third kappa shape index (κ3) is 4.68. The molecule has 1 heterocycles. The molecule has 0 saturated carbocycles. The summed E-state index contributed by atoms with van der Waals surface area (Å²) < 4.78 is 27.5. The second-order valence-electron chi connectivity index (χ2n) is 7.56. The predicted octanol–water partition coefficient (Wildman–Crippen LogP) is 2.51.